The van der Waals surface area contributed by atoms with Crippen LogP contribution in [0, 0.1) is 11.7 Å². The van der Waals surface area contributed by atoms with E-state index >= 15 is 0 Å². The van der Waals surface area contributed by atoms with Crippen LogP contribution in [0.25, 0.3) is 0 Å². The molecule has 5 nitrogen and oxygen atoms in total. The van der Waals surface area contributed by atoms with Gasteiger partial charge in [-0.05, 0) is 18.4 Å². The van der Waals surface area contributed by atoms with Gasteiger partial charge in [0.05, 0.1) is 17.9 Å². The smallest absolute Gasteiger partial charge is 0.257 e. The zero-order valence-electron chi connectivity index (χ0n) is 11.1. The average Bonchev–Trinajstić information content (AvgIpc) is 2.41. The number of piperidine rings is 1. The number of aliphatic hydroxyl groups excluding tert-OH is 1. The zero-order chi connectivity index (χ0) is 14.0. The monoisotopic (exact) mass is 267 g/mol. The first-order chi connectivity index (χ1) is 9.02. The maximum absolute atomic E-state index is 13.2. The number of aromatic nitrogens is 1. The van der Waals surface area contributed by atoms with Crippen molar-refractivity contribution in [3.05, 3.63) is 23.6 Å². The van der Waals surface area contributed by atoms with E-state index in [1.165, 1.54) is 6.07 Å². The molecular weight excluding hydrogens is 249 g/mol. The van der Waals surface area contributed by atoms with E-state index in [4.69, 9.17) is 0 Å². The molecule has 0 spiro atoms. The molecule has 1 saturated heterocycles. The van der Waals surface area contributed by atoms with E-state index in [0.29, 0.717) is 25.3 Å². The summed E-state index contributed by atoms with van der Waals surface area (Å²) in [5.41, 5.74) is 0.228. The largest absolute Gasteiger partial charge is 0.393 e. The summed E-state index contributed by atoms with van der Waals surface area (Å²) in [5.74, 6) is -0.398. The van der Waals surface area contributed by atoms with Gasteiger partial charge in [-0.15, -0.1) is 0 Å². The number of pyridine rings is 1. The minimum atomic E-state index is -0.535. The SMILES string of the molecule is CNc1ncc(F)cc1C(=O)N1CCC(O)C(C)C1. The Labute approximate surface area is 111 Å². The molecule has 1 fully saturated rings. The number of likely N-dealkylation sites (tertiary alicyclic amines) is 1. The maximum Gasteiger partial charge on any atom is 0.257 e. The van der Waals surface area contributed by atoms with Gasteiger partial charge >= 0.3 is 0 Å². The summed E-state index contributed by atoms with van der Waals surface area (Å²) in [6.45, 7) is 2.84. The Balaban J connectivity index is 2.22. The molecule has 6 heteroatoms. The molecule has 2 unspecified atom stereocenters. The third-order valence-corrected chi connectivity index (χ3v) is 3.47. The topological polar surface area (TPSA) is 65.5 Å². The van der Waals surface area contributed by atoms with Crippen LogP contribution >= 0.6 is 0 Å². The van der Waals surface area contributed by atoms with Crippen molar-refractivity contribution in [2.45, 2.75) is 19.4 Å². The molecule has 0 aliphatic carbocycles. The molecule has 2 N–H and O–H groups in total. The van der Waals surface area contributed by atoms with E-state index < -0.39 is 5.82 Å². The summed E-state index contributed by atoms with van der Waals surface area (Å²) >= 11 is 0. The molecule has 0 saturated carbocycles. The van der Waals surface area contributed by atoms with Crippen LogP contribution in [0.3, 0.4) is 0 Å². The second kappa shape index (κ2) is 5.52. The minimum Gasteiger partial charge on any atom is -0.393 e. The Morgan fingerprint density at radius 3 is 3.00 bits per heavy atom. The number of aliphatic hydroxyl groups is 1. The molecule has 2 atom stereocenters. The van der Waals surface area contributed by atoms with E-state index in [1.54, 1.807) is 11.9 Å². The predicted octanol–water partition coefficient (Wildman–Crippen LogP) is 1.11. The molecule has 0 aromatic carbocycles. The van der Waals surface area contributed by atoms with Crippen LogP contribution in [0.2, 0.25) is 0 Å². The summed E-state index contributed by atoms with van der Waals surface area (Å²) in [6.07, 6.45) is 1.24. The van der Waals surface area contributed by atoms with Crippen LogP contribution in [0.15, 0.2) is 12.3 Å². The second-order valence-corrected chi connectivity index (χ2v) is 4.88. The van der Waals surface area contributed by atoms with Crippen molar-refractivity contribution >= 4 is 11.7 Å². The maximum atomic E-state index is 13.2. The number of halogens is 1. The van der Waals surface area contributed by atoms with Gasteiger partial charge in [-0.25, -0.2) is 9.37 Å². The molecular formula is C13H18FN3O2. The van der Waals surface area contributed by atoms with E-state index in [2.05, 4.69) is 10.3 Å². The molecule has 0 bridgehead atoms. The molecule has 1 aromatic rings. The number of nitrogens with zero attached hydrogens (tertiary/aromatic N) is 2. The molecule has 104 valence electrons. The normalized spacial score (nSPS) is 23.3. The van der Waals surface area contributed by atoms with E-state index in [-0.39, 0.29) is 23.5 Å². The molecule has 19 heavy (non-hydrogen) atoms. The van der Waals surface area contributed by atoms with Gasteiger partial charge < -0.3 is 15.3 Å². The molecule has 1 aliphatic heterocycles. The van der Waals surface area contributed by atoms with Crippen molar-refractivity contribution in [3.8, 4) is 0 Å². The van der Waals surface area contributed by atoms with Gasteiger partial charge in [0.15, 0.2) is 0 Å². The van der Waals surface area contributed by atoms with Crippen LogP contribution < -0.4 is 5.32 Å². The van der Waals surface area contributed by atoms with Gasteiger partial charge in [-0.1, -0.05) is 6.92 Å². The van der Waals surface area contributed by atoms with Crippen LogP contribution in [0.5, 0.6) is 0 Å². The third kappa shape index (κ3) is 2.84. The quantitative estimate of drug-likeness (QED) is 0.842. The Morgan fingerprint density at radius 1 is 1.63 bits per heavy atom. The lowest BCUT2D eigenvalue weighted by Crippen LogP contribution is -2.45. The van der Waals surface area contributed by atoms with Crippen LogP contribution in [0.4, 0.5) is 10.2 Å². The first kappa shape index (κ1) is 13.7. The number of nitrogens with one attached hydrogen (secondary N) is 1. The van der Waals surface area contributed by atoms with E-state index in [0.717, 1.165) is 6.20 Å². The number of carbonyl (C=O) groups excluding carboxylic acids is 1. The van der Waals surface area contributed by atoms with Crippen molar-refractivity contribution in [1.82, 2.24) is 9.88 Å². The molecule has 1 amide bonds. The number of anilines is 1. The van der Waals surface area contributed by atoms with Gasteiger partial charge in [0, 0.05) is 20.1 Å². The number of rotatable bonds is 2. The average molecular weight is 267 g/mol. The minimum absolute atomic E-state index is 0.0252. The summed E-state index contributed by atoms with van der Waals surface area (Å²) in [6, 6.07) is 1.19. The lowest BCUT2D eigenvalue weighted by Gasteiger charge is -2.34. The number of hydrogen-bond acceptors (Lipinski definition) is 4. The summed E-state index contributed by atoms with van der Waals surface area (Å²) < 4.78 is 13.2. The third-order valence-electron chi connectivity index (χ3n) is 3.47. The summed E-state index contributed by atoms with van der Waals surface area (Å²) in [5, 5.41) is 12.5. The molecule has 2 rings (SSSR count). The van der Waals surface area contributed by atoms with Crippen LogP contribution in [0.1, 0.15) is 23.7 Å². The highest BCUT2D eigenvalue weighted by atomic mass is 19.1. The van der Waals surface area contributed by atoms with E-state index in [1.807, 2.05) is 6.92 Å². The fraction of sp³-hybridized carbons (Fsp3) is 0.538. The number of hydrogen-bond donors (Lipinski definition) is 2. The summed E-state index contributed by atoms with van der Waals surface area (Å²) in [7, 11) is 1.64. The number of amides is 1. The van der Waals surface area contributed by atoms with Gasteiger partial charge in [0.1, 0.15) is 11.6 Å². The zero-order valence-corrected chi connectivity index (χ0v) is 11.1. The van der Waals surface area contributed by atoms with Crippen LogP contribution in [-0.4, -0.2) is 47.1 Å². The van der Waals surface area contributed by atoms with Crippen LogP contribution in [-0.2, 0) is 0 Å². The lowest BCUT2D eigenvalue weighted by atomic mass is 9.96. The van der Waals surface area contributed by atoms with Gasteiger partial charge in [0.25, 0.3) is 5.91 Å². The fourth-order valence-corrected chi connectivity index (χ4v) is 2.29. The highest BCUT2D eigenvalue weighted by Gasteiger charge is 2.29. The van der Waals surface area contributed by atoms with Gasteiger partial charge in [-0.3, -0.25) is 4.79 Å². The van der Waals surface area contributed by atoms with E-state index in [9.17, 15) is 14.3 Å². The highest BCUT2D eigenvalue weighted by molar-refractivity contribution is 5.98. The first-order valence-electron chi connectivity index (χ1n) is 6.33. The Kier molecular flexibility index (Phi) is 3.99. The fourth-order valence-electron chi connectivity index (χ4n) is 2.29. The first-order valence-corrected chi connectivity index (χ1v) is 6.33. The molecule has 0 radical (unpaired) electrons. The Bertz CT molecular complexity index is 481. The van der Waals surface area contributed by atoms with Crippen molar-refractivity contribution in [1.29, 1.82) is 0 Å². The Morgan fingerprint density at radius 2 is 2.37 bits per heavy atom. The van der Waals surface area contributed by atoms with Crippen molar-refractivity contribution < 1.29 is 14.3 Å². The standard InChI is InChI=1S/C13H18FN3O2/c1-8-7-17(4-3-11(8)18)13(19)10-5-9(14)6-16-12(10)15-2/h5-6,8,11,18H,3-4,7H2,1-2H3,(H,15,16). The van der Waals surface area contributed by atoms with Crippen molar-refractivity contribution in [2.75, 3.05) is 25.5 Å². The highest BCUT2D eigenvalue weighted by Crippen LogP contribution is 2.21. The number of carbonyl (C=O) groups is 1. The summed E-state index contributed by atoms with van der Waals surface area (Å²) in [4.78, 5) is 17.9. The molecule has 1 aliphatic rings. The predicted molar refractivity (Wildman–Crippen MR) is 69.4 cm³/mol. The van der Waals surface area contributed by atoms with Crippen molar-refractivity contribution in [3.63, 3.8) is 0 Å². The lowest BCUT2D eigenvalue weighted by molar-refractivity contribution is 0.0297. The molecule has 1 aromatic heterocycles. The van der Waals surface area contributed by atoms with Crippen molar-refractivity contribution in [2.24, 2.45) is 5.92 Å². The van der Waals surface area contributed by atoms with Gasteiger partial charge in [0.2, 0.25) is 0 Å². The Hall–Kier alpha value is -1.69. The molecule has 2 heterocycles. The van der Waals surface area contributed by atoms with Gasteiger partial charge in [-0.2, -0.15) is 0 Å². The second-order valence-electron chi connectivity index (χ2n) is 4.88.